The molecule has 3 nitrogen and oxygen atoms in total. The van der Waals surface area contributed by atoms with Gasteiger partial charge >= 0.3 is 0 Å². The van der Waals surface area contributed by atoms with Crippen LogP contribution in [-0.4, -0.2) is 24.2 Å². The molecule has 1 aliphatic carbocycles. The van der Waals surface area contributed by atoms with Gasteiger partial charge in [-0.05, 0) is 36.7 Å². The van der Waals surface area contributed by atoms with E-state index in [9.17, 15) is 9.90 Å². The molecule has 0 spiro atoms. The zero-order chi connectivity index (χ0) is 15.6. The molecule has 1 atom stereocenters. The van der Waals surface area contributed by atoms with Gasteiger partial charge in [-0.1, -0.05) is 31.5 Å². The maximum atomic E-state index is 12.5. The smallest absolute Gasteiger partial charge is 0.252 e. The van der Waals surface area contributed by atoms with E-state index in [1.807, 2.05) is 29.6 Å². The van der Waals surface area contributed by atoms with Gasteiger partial charge in [0.15, 0.2) is 0 Å². The van der Waals surface area contributed by atoms with E-state index < -0.39 is 0 Å². The first-order valence-electron chi connectivity index (χ1n) is 8.01. The van der Waals surface area contributed by atoms with Crippen molar-refractivity contribution in [2.75, 3.05) is 13.2 Å². The van der Waals surface area contributed by atoms with Gasteiger partial charge in [0.2, 0.25) is 0 Å². The van der Waals surface area contributed by atoms with Crippen LogP contribution in [0.3, 0.4) is 0 Å². The first-order chi connectivity index (χ1) is 10.7. The molecule has 2 aromatic rings. The predicted octanol–water partition coefficient (Wildman–Crippen LogP) is 3.82. The molecule has 1 aromatic carbocycles. The average molecular weight is 317 g/mol. The fraction of sp³-hybridized carbons (Fsp3) is 0.500. The Labute approximate surface area is 135 Å². The van der Waals surface area contributed by atoms with E-state index >= 15 is 0 Å². The van der Waals surface area contributed by atoms with Crippen molar-refractivity contribution in [2.24, 2.45) is 11.3 Å². The molecule has 0 bridgehead atoms. The molecule has 22 heavy (non-hydrogen) atoms. The van der Waals surface area contributed by atoms with E-state index in [-0.39, 0.29) is 17.9 Å². The Balaban J connectivity index is 1.69. The van der Waals surface area contributed by atoms with E-state index in [1.54, 1.807) is 11.3 Å². The normalized spacial score (nSPS) is 17.9. The van der Waals surface area contributed by atoms with Crippen molar-refractivity contribution in [1.29, 1.82) is 0 Å². The summed E-state index contributed by atoms with van der Waals surface area (Å²) in [4.78, 5) is 12.5. The maximum absolute atomic E-state index is 12.5. The number of hydrogen-bond acceptors (Lipinski definition) is 3. The summed E-state index contributed by atoms with van der Waals surface area (Å²) in [5, 5.41) is 15.3. The number of aliphatic hydroxyl groups is 1. The van der Waals surface area contributed by atoms with Gasteiger partial charge in [0.25, 0.3) is 5.91 Å². The fourth-order valence-corrected chi connectivity index (χ4v) is 4.42. The number of hydrogen-bond donors (Lipinski definition) is 2. The summed E-state index contributed by atoms with van der Waals surface area (Å²) in [7, 11) is 0. The molecule has 1 heterocycles. The van der Waals surface area contributed by atoms with E-state index in [0.29, 0.717) is 5.92 Å². The summed E-state index contributed by atoms with van der Waals surface area (Å²) in [5.74, 6) is 0.477. The zero-order valence-corrected chi connectivity index (χ0v) is 13.8. The third kappa shape index (κ3) is 2.77. The molecule has 1 fully saturated rings. The molecule has 0 unspecified atom stereocenters. The number of benzene rings is 1. The molecular weight excluding hydrogens is 294 g/mol. The van der Waals surface area contributed by atoms with Crippen molar-refractivity contribution in [3.8, 4) is 0 Å². The number of carbonyl (C=O) groups is 1. The summed E-state index contributed by atoms with van der Waals surface area (Å²) >= 11 is 1.62. The van der Waals surface area contributed by atoms with Crippen LogP contribution < -0.4 is 5.32 Å². The van der Waals surface area contributed by atoms with Gasteiger partial charge in [0, 0.05) is 28.6 Å². The number of thiophene rings is 1. The monoisotopic (exact) mass is 317 g/mol. The largest absolute Gasteiger partial charge is 0.396 e. The molecule has 4 heteroatoms. The number of rotatable bonds is 6. The molecule has 3 rings (SSSR count). The second kappa shape index (κ2) is 6.39. The Morgan fingerprint density at radius 3 is 2.86 bits per heavy atom. The van der Waals surface area contributed by atoms with Crippen molar-refractivity contribution in [1.82, 2.24) is 5.32 Å². The Bertz CT molecular complexity index is 660. The topological polar surface area (TPSA) is 49.3 Å². The minimum atomic E-state index is 0.0277. The molecule has 0 radical (unpaired) electrons. The average Bonchev–Trinajstić information content (AvgIpc) is 2.90. The standard InChI is InChI=1S/C18H23NO2S/c1-13(7-10-20)18(8-4-9-18)12-19-17(21)15-11-22-16-6-3-2-5-14(15)16/h2-3,5-6,11,13,20H,4,7-10,12H2,1H3,(H,19,21)/t13-/m1/s1. The highest BCUT2D eigenvalue weighted by Gasteiger charge is 2.41. The summed E-state index contributed by atoms with van der Waals surface area (Å²) in [5.41, 5.74) is 0.967. The van der Waals surface area contributed by atoms with Crippen molar-refractivity contribution < 1.29 is 9.90 Å². The van der Waals surface area contributed by atoms with Crippen LogP contribution in [0.5, 0.6) is 0 Å². The second-order valence-corrected chi connectivity index (χ2v) is 7.37. The van der Waals surface area contributed by atoms with E-state index in [1.165, 1.54) is 6.42 Å². The summed E-state index contributed by atoms with van der Waals surface area (Å²) in [6.45, 7) is 3.14. The fourth-order valence-electron chi connectivity index (χ4n) is 3.48. The number of nitrogens with one attached hydrogen (secondary N) is 1. The molecular formula is C18H23NO2S. The number of amides is 1. The maximum Gasteiger partial charge on any atom is 0.252 e. The van der Waals surface area contributed by atoms with Crippen LogP contribution in [-0.2, 0) is 0 Å². The molecule has 0 aliphatic heterocycles. The first-order valence-corrected chi connectivity index (χ1v) is 8.89. The van der Waals surface area contributed by atoms with Crippen LogP contribution in [0.25, 0.3) is 10.1 Å². The lowest BCUT2D eigenvalue weighted by Gasteiger charge is -2.47. The predicted molar refractivity (Wildman–Crippen MR) is 91.3 cm³/mol. The van der Waals surface area contributed by atoms with Crippen LogP contribution in [0.2, 0.25) is 0 Å². The Hall–Kier alpha value is -1.39. The lowest BCUT2D eigenvalue weighted by Crippen LogP contribution is -2.46. The highest BCUT2D eigenvalue weighted by molar-refractivity contribution is 7.17. The lowest BCUT2D eigenvalue weighted by atomic mass is 9.60. The van der Waals surface area contributed by atoms with Crippen molar-refractivity contribution in [3.63, 3.8) is 0 Å². The van der Waals surface area contributed by atoms with Gasteiger partial charge < -0.3 is 10.4 Å². The third-order valence-corrected chi connectivity index (χ3v) is 6.25. The first kappa shape index (κ1) is 15.5. The van der Waals surface area contributed by atoms with Crippen molar-refractivity contribution in [2.45, 2.75) is 32.6 Å². The van der Waals surface area contributed by atoms with E-state index in [2.05, 4.69) is 12.2 Å². The van der Waals surface area contributed by atoms with Gasteiger partial charge in [0.05, 0.1) is 5.56 Å². The molecule has 1 aromatic heterocycles. The number of aliphatic hydroxyl groups excluding tert-OH is 1. The van der Waals surface area contributed by atoms with Crippen molar-refractivity contribution >= 4 is 27.3 Å². The van der Waals surface area contributed by atoms with Crippen LogP contribution in [0.1, 0.15) is 43.0 Å². The molecule has 0 saturated heterocycles. The van der Waals surface area contributed by atoms with Gasteiger partial charge in [0.1, 0.15) is 0 Å². The highest BCUT2D eigenvalue weighted by atomic mass is 32.1. The van der Waals surface area contributed by atoms with Gasteiger partial charge in [-0.15, -0.1) is 11.3 Å². The molecule has 2 N–H and O–H groups in total. The number of carbonyl (C=O) groups excluding carboxylic acids is 1. The summed E-state index contributed by atoms with van der Waals surface area (Å²) < 4.78 is 1.15. The van der Waals surface area contributed by atoms with E-state index in [0.717, 1.165) is 41.5 Å². The SMILES string of the molecule is C[C@H](CCO)C1(CNC(=O)c2csc3ccccc23)CCC1. The highest BCUT2D eigenvalue weighted by Crippen LogP contribution is 2.47. The van der Waals surface area contributed by atoms with Crippen LogP contribution in [0, 0.1) is 11.3 Å². The lowest BCUT2D eigenvalue weighted by molar-refractivity contribution is 0.0411. The zero-order valence-electron chi connectivity index (χ0n) is 13.0. The molecule has 1 aliphatic rings. The Morgan fingerprint density at radius 1 is 1.41 bits per heavy atom. The van der Waals surface area contributed by atoms with Crippen LogP contribution >= 0.6 is 11.3 Å². The quantitative estimate of drug-likeness (QED) is 0.851. The molecule has 118 valence electrons. The van der Waals surface area contributed by atoms with E-state index in [4.69, 9.17) is 0 Å². The third-order valence-electron chi connectivity index (χ3n) is 5.28. The van der Waals surface area contributed by atoms with Gasteiger partial charge in [-0.2, -0.15) is 0 Å². The van der Waals surface area contributed by atoms with Crippen molar-refractivity contribution in [3.05, 3.63) is 35.2 Å². The summed E-state index contributed by atoms with van der Waals surface area (Å²) in [6, 6.07) is 8.03. The van der Waals surface area contributed by atoms with Gasteiger partial charge in [-0.25, -0.2) is 0 Å². The molecule has 1 saturated carbocycles. The number of fused-ring (bicyclic) bond motifs is 1. The second-order valence-electron chi connectivity index (χ2n) is 6.46. The Morgan fingerprint density at radius 2 is 2.18 bits per heavy atom. The van der Waals surface area contributed by atoms with Crippen LogP contribution in [0.4, 0.5) is 0 Å². The minimum Gasteiger partial charge on any atom is -0.396 e. The molecule has 1 amide bonds. The van der Waals surface area contributed by atoms with Gasteiger partial charge in [-0.3, -0.25) is 4.79 Å². The Kier molecular flexibility index (Phi) is 4.50. The summed E-state index contributed by atoms with van der Waals surface area (Å²) in [6.07, 6.45) is 4.35. The van der Waals surface area contributed by atoms with Crippen LogP contribution in [0.15, 0.2) is 29.6 Å². The minimum absolute atomic E-state index is 0.0277.